The average Bonchev–Trinajstić information content (AvgIpc) is 3.36. The van der Waals surface area contributed by atoms with E-state index >= 15 is 0 Å². The fraction of sp³-hybridized carbons (Fsp3) is 0.314. The fourth-order valence-electron chi connectivity index (χ4n) is 8.11. The van der Waals surface area contributed by atoms with E-state index in [2.05, 4.69) is 0 Å². The number of aryl methyl sites for hydroxylation is 1. The first-order valence-electron chi connectivity index (χ1n) is 14.7. The summed E-state index contributed by atoms with van der Waals surface area (Å²) < 4.78 is 14.1. The van der Waals surface area contributed by atoms with E-state index in [1.165, 1.54) is 17.0 Å². The lowest BCUT2D eigenvalue weighted by atomic mass is 9.51. The van der Waals surface area contributed by atoms with Crippen LogP contribution in [0.3, 0.4) is 0 Å². The van der Waals surface area contributed by atoms with Crippen molar-refractivity contribution in [3.8, 4) is 5.75 Å². The highest BCUT2D eigenvalue weighted by Crippen LogP contribution is 2.63. The summed E-state index contributed by atoms with van der Waals surface area (Å²) in [6.07, 6.45) is 2.55. The predicted octanol–water partition coefficient (Wildman–Crippen LogP) is 5.92. The number of likely N-dealkylation sites (tertiary alicyclic amines) is 1. The molecule has 9 heteroatoms. The third-order valence-electron chi connectivity index (χ3n) is 10.3. The Morgan fingerprint density at radius 1 is 0.955 bits per heavy atom. The number of anilines is 1. The SMILES string of the molecule is Cc1cc([C@H]2C3=CC[C@@H]4C(=O)N(Cc5ccccc5)C(=O)[C@@H]4[C@@H]3C[C@H]3C(=O)N(c4ccc(F)c(Cl)c4)C(=O)[C@@]23C)ccc1O. The molecule has 44 heavy (non-hydrogen) atoms. The molecule has 7 rings (SSSR count). The van der Waals surface area contributed by atoms with Gasteiger partial charge in [-0.25, -0.2) is 9.29 Å². The molecule has 3 aromatic carbocycles. The van der Waals surface area contributed by atoms with E-state index in [0.717, 1.165) is 27.7 Å². The van der Waals surface area contributed by atoms with Crippen molar-refractivity contribution in [1.82, 2.24) is 4.90 Å². The van der Waals surface area contributed by atoms with Gasteiger partial charge in [0.1, 0.15) is 11.6 Å². The Morgan fingerprint density at radius 3 is 2.41 bits per heavy atom. The number of hydrogen-bond donors (Lipinski definition) is 1. The third kappa shape index (κ3) is 4.00. The first-order chi connectivity index (χ1) is 21.0. The molecule has 7 nitrogen and oxygen atoms in total. The second-order valence-corrected chi connectivity index (χ2v) is 13.0. The molecule has 2 heterocycles. The van der Waals surface area contributed by atoms with Gasteiger partial charge in [0.25, 0.3) is 0 Å². The molecule has 3 aromatic rings. The lowest BCUT2D eigenvalue weighted by Crippen LogP contribution is -2.48. The number of carbonyl (C=O) groups is 4. The van der Waals surface area contributed by atoms with Crippen molar-refractivity contribution in [3.05, 3.63) is 106 Å². The number of amides is 4. The maximum absolute atomic E-state index is 14.4. The molecule has 3 fully saturated rings. The number of rotatable bonds is 4. The Balaban J connectivity index is 1.34. The van der Waals surface area contributed by atoms with Crippen LogP contribution < -0.4 is 4.90 Å². The third-order valence-corrected chi connectivity index (χ3v) is 10.6. The number of allylic oxidation sites excluding steroid dienone is 2. The van der Waals surface area contributed by atoms with Crippen LogP contribution in [0.25, 0.3) is 0 Å². The van der Waals surface area contributed by atoms with Crippen molar-refractivity contribution in [2.75, 3.05) is 4.90 Å². The molecule has 0 unspecified atom stereocenters. The van der Waals surface area contributed by atoms with E-state index in [-0.39, 0.29) is 41.2 Å². The summed E-state index contributed by atoms with van der Waals surface area (Å²) in [5.41, 5.74) is 1.99. The van der Waals surface area contributed by atoms with Crippen LogP contribution in [0, 0.1) is 41.8 Å². The van der Waals surface area contributed by atoms with E-state index in [4.69, 9.17) is 11.6 Å². The maximum atomic E-state index is 14.4. The number of imide groups is 2. The van der Waals surface area contributed by atoms with Crippen LogP contribution in [-0.2, 0) is 25.7 Å². The smallest absolute Gasteiger partial charge is 0.241 e. The van der Waals surface area contributed by atoms with E-state index in [1.54, 1.807) is 26.0 Å². The van der Waals surface area contributed by atoms with Crippen molar-refractivity contribution in [3.63, 3.8) is 0 Å². The second kappa shape index (κ2) is 10.1. The monoisotopic (exact) mass is 612 g/mol. The number of benzene rings is 3. The Labute approximate surface area is 258 Å². The number of phenolic OH excluding ortho intramolecular Hbond substituents is 1. The van der Waals surface area contributed by atoms with Crippen molar-refractivity contribution in [2.24, 2.45) is 29.1 Å². The number of halogens is 2. The molecule has 0 radical (unpaired) electrons. The highest BCUT2D eigenvalue weighted by molar-refractivity contribution is 6.31. The Morgan fingerprint density at radius 2 is 1.70 bits per heavy atom. The van der Waals surface area contributed by atoms with E-state index in [0.29, 0.717) is 12.0 Å². The topological polar surface area (TPSA) is 95.0 Å². The Kier molecular flexibility index (Phi) is 6.55. The molecule has 0 spiro atoms. The number of aromatic hydroxyl groups is 1. The molecule has 4 amide bonds. The molecule has 1 N–H and O–H groups in total. The van der Waals surface area contributed by atoms with Crippen molar-refractivity contribution < 1.29 is 28.7 Å². The van der Waals surface area contributed by atoms with Gasteiger partial charge < -0.3 is 5.11 Å². The summed E-state index contributed by atoms with van der Waals surface area (Å²) >= 11 is 6.06. The number of carbonyl (C=O) groups excluding carboxylic acids is 4. The van der Waals surface area contributed by atoms with E-state index < -0.39 is 52.6 Å². The van der Waals surface area contributed by atoms with Gasteiger partial charge in [-0.1, -0.05) is 65.7 Å². The molecule has 2 saturated heterocycles. The molecule has 224 valence electrons. The van der Waals surface area contributed by atoms with Crippen molar-refractivity contribution in [1.29, 1.82) is 0 Å². The number of nitrogens with zero attached hydrogens (tertiary/aromatic N) is 2. The van der Waals surface area contributed by atoms with Gasteiger partial charge in [0, 0.05) is 5.92 Å². The predicted molar refractivity (Wildman–Crippen MR) is 161 cm³/mol. The van der Waals surface area contributed by atoms with Crippen LogP contribution in [-0.4, -0.2) is 33.6 Å². The summed E-state index contributed by atoms with van der Waals surface area (Å²) in [6.45, 7) is 3.72. The highest BCUT2D eigenvalue weighted by Gasteiger charge is 2.67. The van der Waals surface area contributed by atoms with Crippen LogP contribution in [0.4, 0.5) is 10.1 Å². The van der Waals surface area contributed by atoms with Gasteiger partial charge in [-0.2, -0.15) is 0 Å². The standard InChI is InChI=1S/C35H30ClFN2O5/c1-18-14-20(8-13-28(18)40)30-22-10-11-23-29(33(43)38(31(23)41)17-19-6-4-3-5-7-19)24(22)16-25-32(42)39(34(44)35(25,30)2)21-9-12-27(37)26(36)15-21/h3-10,12-15,23-25,29-30,40H,11,16-17H2,1-2H3/t23-,24+,25-,29-,30-,35+/m0/s1. The quantitative estimate of drug-likeness (QED) is 0.291. The van der Waals surface area contributed by atoms with Gasteiger partial charge in [0.05, 0.1) is 40.4 Å². The summed E-state index contributed by atoms with van der Waals surface area (Å²) in [5.74, 6) is -5.00. The van der Waals surface area contributed by atoms with Gasteiger partial charge in [-0.15, -0.1) is 0 Å². The van der Waals surface area contributed by atoms with E-state index in [1.807, 2.05) is 42.5 Å². The Bertz CT molecular complexity index is 1790. The van der Waals surface area contributed by atoms with Crippen molar-refractivity contribution in [2.45, 2.75) is 39.2 Å². The fourth-order valence-corrected chi connectivity index (χ4v) is 8.29. The molecular formula is C35H30ClFN2O5. The molecule has 1 saturated carbocycles. The largest absolute Gasteiger partial charge is 0.508 e. The first kappa shape index (κ1) is 28.5. The zero-order chi connectivity index (χ0) is 31.1. The van der Waals surface area contributed by atoms with Gasteiger partial charge >= 0.3 is 0 Å². The summed E-state index contributed by atoms with van der Waals surface area (Å²) in [5, 5.41) is 10.1. The maximum Gasteiger partial charge on any atom is 0.241 e. The molecule has 4 aliphatic rings. The molecular weight excluding hydrogens is 583 g/mol. The average molecular weight is 613 g/mol. The number of phenols is 1. The Hall–Kier alpha value is -4.30. The summed E-state index contributed by atoms with van der Waals surface area (Å²) in [7, 11) is 0. The first-order valence-corrected chi connectivity index (χ1v) is 15.1. The normalized spacial score (nSPS) is 29.5. The molecule has 0 bridgehead atoms. The lowest BCUT2D eigenvalue weighted by molar-refractivity contribution is -0.141. The van der Waals surface area contributed by atoms with Gasteiger partial charge in [0.15, 0.2) is 0 Å². The molecule has 0 aromatic heterocycles. The van der Waals surface area contributed by atoms with Crippen LogP contribution in [0.5, 0.6) is 5.75 Å². The van der Waals surface area contributed by atoms with Gasteiger partial charge in [-0.05, 0) is 73.6 Å². The number of fused-ring (bicyclic) bond motifs is 4. The highest BCUT2D eigenvalue weighted by atomic mass is 35.5. The van der Waals surface area contributed by atoms with Crippen LogP contribution >= 0.6 is 11.6 Å². The minimum absolute atomic E-state index is 0.102. The van der Waals surface area contributed by atoms with Crippen molar-refractivity contribution >= 4 is 40.9 Å². The number of hydrogen-bond acceptors (Lipinski definition) is 5. The zero-order valence-electron chi connectivity index (χ0n) is 24.2. The van der Waals surface area contributed by atoms with Gasteiger partial charge in [0.2, 0.25) is 23.6 Å². The van der Waals surface area contributed by atoms with Crippen LogP contribution in [0.15, 0.2) is 78.4 Å². The minimum atomic E-state index is -1.24. The molecule has 6 atom stereocenters. The molecule has 2 aliphatic heterocycles. The van der Waals surface area contributed by atoms with Gasteiger partial charge in [-0.3, -0.25) is 24.1 Å². The molecule has 2 aliphatic carbocycles. The van der Waals surface area contributed by atoms with E-state index in [9.17, 15) is 28.7 Å². The van der Waals surface area contributed by atoms with Crippen LogP contribution in [0.1, 0.15) is 42.4 Å². The summed E-state index contributed by atoms with van der Waals surface area (Å²) in [6, 6.07) is 18.3. The second-order valence-electron chi connectivity index (χ2n) is 12.6. The zero-order valence-corrected chi connectivity index (χ0v) is 24.9. The van der Waals surface area contributed by atoms with Crippen LogP contribution in [0.2, 0.25) is 5.02 Å². The lowest BCUT2D eigenvalue weighted by Gasteiger charge is -2.49. The summed E-state index contributed by atoms with van der Waals surface area (Å²) in [4.78, 5) is 58.8. The minimum Gasteiger partial charge on any atom is -0.508 e.